The van der Waals surface area contributed by atoms with E-state index in [1.807, 2.05) is 30.3 Å². The molecule has 232 valence electrons. The van der Waals surface area contributed by atoms with Crippen molar-refractivity contribution in [1.29, 1.82) is 0 Å². The number of ether oxygens (including phenoxy) is 1. The van der Waals surface area contributed by atoms with Gasteiger partial charge in [0, 0.05) is 40.6 Å². The highest BCUT2D eigenvalue weighted by Crippen LogP contribution is 2.47. The van der Waals surface area contributed by atoms with Crippen molar-refractivity contribution in [3.8, 4) is 17.0 Å². The predicted octanol–water partition coefficient (Wildman–Crippen LogP) is 8.15. The van der Waals surface area contributed by atoms with Gasteiger partial charge in [-0.2, -0.15) is 0 Å². The number of benzene rings is 3. The van der Waals surface area contributed by atoms with Crippen LogP contribution in [-0.2, 0) is 22.6 Å². The molecular weight excluding hydrogens is 564 g/mol. The minimum Gasteiger partial charge on any atom is -0.491 e. The summed E-state index contributed by atoms with van der Waals surface area (Å²) in [5.74, 6) is 0.298. The SMILES string of the molecule is O=C(Cc1ccc(NC(=O)c2ccc3c(C4CCCCC4)c4n(c3c2)CCOc2ccccc2-4)cc1)CC1(C(=O)O)CCCC1. The molecule has 2 heterocycles. The Bertz CT molecular complexity index is 1760. The van der Waals surface area contributed by atoms with Crippen LogP contribution >= 0.6 is 0 Å². The van der Waals surface area contributed by atoms with E-state index in [1.165, 1.54) is 48.7 Å². The van der Waals surface area contributed by atoms with E-state index < -0.39 is 11.4 Å². The molecule has 0 atom stereocenters. The van der Waals surface area contributed by atoms with Crippen molar-refractivity contribution in [2.75, 3.05) is 11.9 Å². The van der Waals surface area contributed by atoms with E-state index in [2.05, 4.69) is 34.1 Å². The van der Waals surface area contributed by atoms with Gasteiger partial charge in [-0.25, -0.2) is 0 Å². The van der Waals surface area contributed by atoms with Crippen LogP contribution in [0.3, 0.4) is 0 Å². The maximum absolute atomic E-state index is 13.5. The van der Waals surface area contributed by atoms with Gasteiger partial charge < -0.3 is 19.7 Å². The Balaban J connectivity index is 1.12. The number of carbonyl (C=O) groups excluding carboxylic acids is 2. The van der Waals surface area contributed by atoms with Crippen LogP contribution in [0.25, 0.3) is 22.2 Å². The summed E-state index contributed by atoms with van der Waals surface area (Å²) >= 11 is 0. The van der Waals surface area contributed by atoms with Crippen LogP contribution in [-0.4, -0.2) is 33.9 Å². The molecule has 0 unspecified atom stereocenters. The first kappa shape index (κ1) is 29.3. The number of carboxylic acid groups (broad SMARTS) is 1. The quantitative estimate of drug-likeness (QED) is 0.212. The molecule has 45 heavy (non-hydrogen) atoms. The van der Waals surface area contributed by atoms with Crippen LogP contribution in [0.15, 0.2) is 66.7 Å². The van der Waals surface area contributed by atoms with Crippen LogP contribution in [0.2, 0.25) is 0 Å². The van der Waals surface area contributed by atoms with Crippen molar-refractivity contribution in [3.05, 3.63) is 83.4 Å². The normalized spacial score (nSPS) is 17.6. The van der Waals surface area contributed by atoms with Crippen LogP contribution in [0, 0.1) is 5.41 Å². The van der Waals surface area contributed by atoms with E-state index >= 15 is 0 Å². The lowest BCUT2D eigenvalue weighted by atomic mass is 9.80. The third kappa shape index (κ3) is 5.65. The monoisotopic (exact) mass is 604 g/mol. The van der Waals surface area contributed by atoms with E-state index in [-0.39, 0.29) is 24.5 Å². The summed E-state index contributed by atoms with van der Waals surface area (Å²) in [6.07, 6.45) is 9.25. The molecule has 1 amide bonds. The van der Waals surface area contributed by atoms with Gasteiger partial charge in [0.2, 0.25) is 0 Å². The van der Waals surface area contributed by atoms with E-state index in [0.717, 1.165) is 35.2 Å². The number of Topliss-reactive ketones (excluding diaryl/α,β-unsaturated/α-hetero) is 1. The zero-order valence-electron chi connectivity index (χ0n) is 25.6. The third-order valence-electron chi connectivity index (χ3n) is 10.3. The zero-order valence-corrected chi connectivity index (χ0v) is 25.6. The van der Waals surface area contributed by atoms with Crippen molar-refractivity contribution in [3.63, 3.8) is 0 Å². The molecule has 7 nitrogen and oxygen atoms in total. The first-order valence-corrected chi connectivity index (χ1v) is 16.5. The molecule has 7 heteroatoms. The van der Waals surface area contributed by atoms with Crippen molar-refractivity contribution >= 4 is 34.3 Å². The number of hydrogen-bond acceptors (Lipinski definition) is 4. The van der Waals surface area contributed by atoms with Crippen LogP contribution in [0.1, 0.15) is 91.6 Å². The van der Waals surface area contributed by atoms with Gasteiger partial charge in [-0.1, -0.05) is 62.4 Å². The molecular formula is C38H40N2O5. The lowest BCUT2D eigenvalue weighted by Crippen LogP contribution is -2.31. The Morgan fingerprint density at radius 3 is 2.42 bits per heavy atom. The van der Waals surface area contributed by atoms with Crippen LogP contribution in [0.4, 0.5) is 5.69 Å². The number of para-hydroxylation sites is 1. The molecule has 2 fully saturated rings. The molecule has 2 saturated carbocycles. The molecule has 1 aliphatic heterocycles. The number of carboxylic acids is 1. The topological polar surface area (TPSA) is 97.6 Å². The van der Waals surface area contributed by atoms with Gasteiger partial charge in [0.05, 0.1) is 17.7 Å². The second kappa shape index (κ2) is 12.2. The number of rotatable bonds is 8. The lowest BCUT2D eigenvalue weighted by Gasteiger charge is -2.23. The number of hydrogen-bond donors (Lipinski definition) is 2. The largest absolute Gasteiger partial charge is 0.491 e. The van der Waals surface area contributed by atoms with Crippen LogP contribution < -0.4 is 10.1 Å². The molecule has 3 aromatic carbocycles. The van der Waals surface area contributed by atoms with Crippen molar-refractivity contribution < 1.29 is 24.2 Å². The number of nitrogens with zero attached hydrogens (tertiary/aromatic N) is 1. The highest BCUT2D eigenvalue weighted by Gasteiger charge is 2.42. The number of fused-ring (bicyclic) bond motifs is 5. The molecule has 0 bridgehead atoms. The van der Waals surface area contributed by atoms with Gasteiger partial charge in [0.15, 0.2) is 0 Å². The first-order valence-electron chi connectivity index (χ1n) is 16.5. The minimum absolute atomic E-state index is 0.0589. The number of amides is 1. The van der Waals surface area contributed by atoms with Crippen LogP contribution in [0.5, 0.6) is 5.75 Å². The van der Waals surface area contributed by atoms with Gasteiger partial charge in [0.25, 0.3) is 5.91 Å². The molecule has 3 aliphatic rings. The van der Waals surface area contributed by atoms with Gasteiger partial charge in [-0.3, -0.25) is 14.4 Å². The Morgan fingerprint density at radius 1 is 0.911 bits per heavy atom. The molecule has 2 N–H and O–H groups in total. The van der Waals surface area contributed by atoms with E-state index in [9.17, 15) is 19.5 Å². The van der Waals surface area contributed by atoms with Crippen molar-refractivity contribution in [2.24, 2.45) is 5.41 Å². The molecule has 2 aliphatic carbocycles. The fourth-order valence-electron chi connectivity index (χ4n) is 7.97. The van der Waals surface area contributed by atoms with Gasteiger partial charge in [-0.15, -0.1) is 0 Å². The Morgan fingerprint density at radius 2 is 1.67 bits per heavy atom. The third-order valence-corrected chi connectivity index (χ3v) is 10.3. The Labute approximate surface area is 263 Å². The fraction of sp³-hybridized carbons (Fsp3) is 0.395. The van der Waals surface area contributed by atoms with Crippen molar-refractivity contribution in [2.45, 2.75) is 83.1 Å². The fourth-order valence-corrected chi connectivity index (χ4v) is 7.97. The summed E-state index contributed by atoms with van der Waals surface area (Å²) in [4.78, 5) is 38.1. The molecule has 1 aromatic heterocycles. The number of ketones is 1. The molecule has 7 rings (SSSR count). The Hall–Kier alpha value is -4.39. The maximum Gasteiger partial charge on any atom is 0.310 e. The standard InChI is InChI=1S/C38H40N2O5/c41-29(24-38(37(43)44)18-6-7-19-38)22-25-12-15-28(16-13-25)39-36(42)27-14-17-30-32(23-27)40-20-21-45-33-11-5-4-10-31(33)35(40)34(30)26-8-2-1-3-9-26/h4-5,10-17,23,26H,1-3,6-9,18-22,24H2,(H,39,42)(H,43,44). The second-order valence-electron chi connectivity index (χ2n) is 13.2. The second-order valence-corrected chi connectivity index (χ2v) is 13.2. The highest BCUT2D eigenvalue weighted by molar-refractivity contribution is 6.07. The summed E-state index contributed by atoms with van der Waals surface area (Å²) in [6, 6.07) is 21.7. The Kier molecular flexibility index (Phi) is 7.94. The van der Waals surface area contributed by atoms with E-state index in [0.29, 0.717) is 43.2 Å². The minimum atomic E-state index is -0.905. The van der Waals surface area contributed by atoms with E-state index in [4.69, 9.17) is 4.74 Å². The first-order chi connectivity index (χ1) is 21.9. The predicted molar refractivity (Wildman–Crippen MR) is 175 cm³/mol. The molecule has 4 aromatic rings. The maximum atomic E-state index is 13.5. The summed E-state index contributed by atoms with van der Waals surface area (Å²) in [5, 5.41) is 14.0. The lowest BCUT2D eigenvalue weighted by molar-refractivity contribution is -0.151. The van der Waals surface area contributed by atoms with Gasteiger partial charge in [-0.05, 0) is 79.1 Å². The van der Waals surface area contributed by atoms with Gasteiger partial charge in [0.1, 0.15) is 18.1 Å². The molecule has 0 radical (unpaired) electrons. The highest BCUT2D eigenvalue weighted by atomic mass is 16.5. The van der Waals surface area contributed by atoms with Gasteiger partial charge >= 0.3 is 5.97 Å². The summed E-state index contributed by atoms with van der Waals surface area (Å²) in [6.45, 7) is 1.28. The average molecular weight is 605 g/mol. The summed E-state index contributed by atoms with van der Waals surface area (Å²) < 4.78 is 8.53. The average Bonchev–Trinajstić information content (AvgIpc) is 3.60. The van der Waals surface area contributed by atoms with Crippen molar-refractivity contribution in [1.82, 2.24) is 4.57 Å². The zero-order chi connectivity index (χ0) is 31.0. The number of anilines is 1. The number of carbonyl (C=O) groups is 3. The smallest absolute Gasteiger partial charge is 0.310 e. The summed E-state index contributed by atoms with van der Waals surface area (Å²) in [5.41, 5.74) is 5.95. The summed E-state index contributed by atoms with van der Waals surface area (Å²) in [7, 11) is 0. The van der Waals surface area contributed by atoms with E-state index in [1.54, 1.807) is 12.1 Å². The number of nitrogens with one attached hydrogen (secondary N) is 1. The number of aromatic nitrogens is 1. The molecule has 0 spiro atoms. The number of aliphatic carboxylic acids is 1. The molecule has 0 saturated heterocycles.